The maximum Gasteiger partial charge on any atom is 0.305 e. The number of fused-ring (bicyclic) bond motifs is 1. The number of hydrogen-bond donors (Lipinski definition) is 1. The van der Waals surface area contributed by atoms with Crippen LogP contribution in [0, 0.1) is 12.3 Å². The van der Waals surface area contributed by atoms with Crippen molar-refractivity contribution in [1.82, 2.24) is 15.0 Å². The molecule has 0 radical (unpaired) electrons. The first-order valence-electron chi connectivity index (χ1n) is 6.39. The summed E-state index contributed by atoms with van der Waals surface area (Å²) in [7, 11) is 0. The first kappa shape index (κ1) is 13.9. The summed E-state index contributed by atoms with van der Waals surface area (Å²) in [4.78, 5) is 12.7. The number of aliphatic carboxylic acids is 1. The number of anilines is 1. The van der Waals surface area contributed by atoms with Crippen molar-refractivity contribution < 1.29 is 9.90 Å². The molecule has 0 unspecified atom stereocenters. The third kappa shape index (κ3) is 2.88. The molecule has 0 aliphatic carbocycles. The van der Waals surface area contributed by atoms with Crippen molar-refractivity contribution >= 4 is 22.7 Å². The lowest BCUT2D eigenvalue weighted by Crippen LogP contribution is -2.25. The van der Waals surface area contributed by atoms with Gasteiger partial charge in [-0.25, -0.2) is 4.68 Å². The van der Waals surface area contributed by atoms with Gasteiger partial charge < -0.3 is 10.0 Å². The van der Waals surface area contributed by atoms with Gasteiger partial charge in [0.1, 0.15) is 12.1 Å². The van der Waals surface area contributed by atoms with Gasteiger partial charge in [0.05, 0.1) is 11.9 Å². The number of benzene rings is 1. The minimum Gasteiger partial charge on any atom is -0.481 e. The molecule has 6 heteroatoms. The van der Waals surface area contributed by atoms with E-state index < -0.39 is 5.97 Å². The molecular formula is C14H16N4O2. The topological polar surface area (TPSA) is 71.2 Å². The zero-order valence-electron chi connectivity index (χ0n) is 11.3. The van der Waals surface area contributed by atoms with Crippen molar-refractivity contribution in [3.8, 4) is 12.3 Å². The maximum atomic E-state index is 10.7. The average Bonchev–Trinajstić information content (AvgIpc) is 2.82. The van der Waals surface area contributed by atoms with Crippen LogP contribution in [0.2, 0.25) is 0 Å². The Hall–Kier alpha value is -2.55. The summed E-state index contributed by atoms with van der Waals surface area (Å²) in [5.41, 5.74) is 2.57. The molecule has 20 heavy (non-hydrogen) atoms. The molecule has 104 valence electrons. The second-order valence-corrected chi connectivity index (χ2v) is 4.35. The molecule has 1 heterocycles. The molecule has 1 aromatic heterocycles. The van der Waals surface area contributed by atoms with Crippen LogP contribution in [0.4, 0.5) is 5.69 Å². The molecule has 2 rings (SSSR count). The van der Waals surface area contributed by atoms with Crippen LogP contribution in [-0.4, -0.2) is 39.2 Å². The summed E-state index contributed by atoms with van der Waals surface area (Å²) in [5, 5.41) is 16.8. The van der Waals surface area contributed by atoms with E-state index in [1.54, 1.807) is 4.68 Å². The molecule has 0 amide bonds. The highest BCUT2D eigenvalue weighted by atomic mass is 16.4. The smallest absolute Gasteiger partial charge is 0.305 e. The normalized spacial score (nSPS) is 10.4. The Labute approximate surface area is 117 Å². The highest BCUT2D eigenvalue weighted by molar-refractivity contribution is 5.79. The molecule has 0 atom stereocenters. The van der Waals surface area contributed by atoms with Crippen molar-refractivity contribution in [3.05, 3.63) is 18.2 Å². The van der Waals surface area contributed by atoms with E-state index in [-0.39, 0.29) is 6.42 Å². The monoisotopic (exact) mass is 272 g/mol. The molecule has 0 aliphatic heterocycles. The zero-order valence-corrected chi connectivity index (χ0v) is 11.3. The summed E-state index contributed by atoms with van der Waals surface area (Å²) in [6.45, 7) is 3.57. The predicted octanol–water partition coefficient (Wildman–Crippen LogP) is 1.37. The number of hydrogen-bond acceptors (Lipinski definition) is 4. The van der Waals surface area contributed by atoms with Gasteiger partial charge in [0.2, 0.25) is 0 Å². The number of rotatable bonds is 6. The SMILES string of the molecule is C#CCn1nnc2cc(N(CC)CCC(=O)O)ccc21. The van der Waals surface area contributed by atoms with Crippen LogP contribution < -0.4 is 4.90 Å². The van der Waals surface area contributed by atoms with E-state index in [0.29, 0.717) is 13.1 Å². The van der Waals surface area contributed by atoms with Crippen molar-refractivity contribution in [2.75, 3.05) is 18.0 Å². The van der Waals surface area contributed by atoms with Crippen LogP contribution in [0.3, 0.4) is 0 Å². The van der Waals surface area contributed by atoms with Gasteiger partial charge in [0.25, 0.3) is 0 Å². The Kier molecular flexibility index (Phi) is 4.20. The number of carbonyl (C=O) groups is 1. The lowest BCUT2D eigenvalue weighted by atomic mass is 10.2. The Balaban J connectivity index is 2.26. The summed E-state index contributed by atoms with van der Waals surface area (Å²) >= 11 is 0. The molecule has 0 spiro atoms. The minimum atomic E-state index is -0.801. The van der Waals surface area contributed by atoms with Crippen LogP contribution in [0.25, 0.3) is 11.0 Å². The summed E-state index contributed by atoms with van der Waals surface area (Å²) < 4.78 is 1.66. The van der Waals surface area contributed by atoms with E-state index in [1.165, 1.54) is 0 Å². The van der Waals surface area contributed by atoms with Crippen LogP contribution in [0.1, 0.15) is 13.3 Å². The molecule has 1 N–H and O–H groups in total. The fraction of sp³-hybridized carbons (Fsp3) is 0.357. The molecule has 6 nitrogen and oxygen atoms in total. The molecule has 2 aromatic rings. The highest BCUT2D eigenvalue weighted by Gasteiger charge is 2.10. The number of carboxylic acid groups (broad SMARTS) is 1. The van der Waals surface area contributed by atoms with Crippen LogP contribution in [0.5, 0.6) is 0 Å². The van der Waals surface area contributed by atoms with E-state index >= 15 is 0 Å². The highest BCUT2D eigenvalue weighted by Crippen LogP contribution is 2.20. The number of terminal acetylenes is 1. The van der Waals surface area contributed by atoms with Crippen molar-refractivity contribution in [1.29, 1.82) is 0 Å². The van der Waals surface area contributed by atoms with E-state index in [1.807, 2.05) is 30.0 Å². The molecule has 0 bridgehead atoms. The van der Waals surface area contributed by atoms with Gasteiger partial charge in [0, 0.05) is 18.8 Å². The Morgan fingerprint density at radius 2 is 2.35 bits per heavy atom. The van der Waals surface area contributed by atoms with E-state index in [0.717, 1.165) is 23.3 Å². The Morgan fingerprint density at radius 3 is 3.00 bits per heavy atom. The third-order valence-electron chi connectivity index (χ3n) is 3.08. The van der Waals surface area contributed by atoms with Crippen LogP contribution >= 0.6 is 0 Å². The van der Waals surface area contributed by atoms with Gasteiger partial charge in [-0.3, -0.25) is 4.79 Å². The largest absolute Gasteiger partial charge is 0.481 e. The van der Waals surface area contributed by atoms with Crippen molar-refractivity contribution in [3.63, 3.8) is 0 Å². The summed E-state index contributed by atoms with van der Waals surface area (Å²) in [6.07, 6.45) is 5.38. The molecule has 0 saturated carbocycles. The number of carboxylic acids is 1. The lowest BCUT2D eigenvalue weighted by Gasteiger charge is -2.22. The van der Waals surface area contributed by atoms with Gasteiger partial charge in [-0.15, -0.1) is 11.5 Å². The van der Waals surface area contributed by atoms with Gasteiger partial charge in [-0.1, -0.05) is 11.1 Å². The fourth-order valence-electron chi connectivity index (χ4n) is 2.06. The minimum absolute atomic E-state index is 0.107. The van der Waals surface area contributed by atoms with E-state index in [2.05, 4.69) is 16.2 Å². The van der Waals surface area contributed by atoms with Crippen molar-refractivity contribution in [2.45, 2.75) is 19.9 Å². The average molecular weight is 272 g/mol. The second kappa shape index (κ2) is 6.06. The molecule has 0 aliphatic rings. The second-order valence-electron chi connectivity index (χ2n) is 4.35. The first-order chi connectivity index (χ1) is 9.65. The zero-order chi connectivity index (χ0) is 14.5. The summed E-state index contributed by atoms with van der Waals surface area (Å²) in [6, 6.07) is 5.75. The maximum absolute atomic E-state index is 10.7. The third-order valence-corrected chi connectivity index (χ3v) is 3.08. The van der Waals surface area contributed by atoms with Crippen LogP contribution in [-0.2, 0) is 11.3 Å². The van der Waals surface area contributed by atoms with Gasteiger partial charge >= 0.3 is 5.97 Å². The Morgan fingerprint density at radius 1 is 1.55 bits per heavy atom. The predicted molar refractivity (Wildman–Crippen MR) is 76.5 cm³/mol. The van der Waals surface area contributed by atoms with Gasteiger partial charge in [-0.2, -0.15) is 0 Å². The molecule has 0 saturated heterocycles. The number of aromatic nitrogens is 3. The van der Waals surface area contributed by atoms with Crippen molar-refractivity contribution in [2.24, 2.45) is 0 Å². The van der Waals surface area contributed by atoms with Gasteiger partial charge in [0.15, 0.2) is 0 Å². The lowest BCUT2D eigenvalue weighted by molar-refractivity contribution is -0.136. The van der Waals surface area contributed by atoms with Crippen LogP contribution in [0.15, 0.2) is 18.2 Å². The first-order valence-corrected chi connectivity index (χ1v) is 6.39. The fourth-order valence-corrected chi connectivity index (χ4v) is 2.06. The number of nitrogens with zero attached hydrogens (tertiary/aromatic N) is 4. The van der Waals surface area contributed by atoms with E-state index in [9.17, 15) is 4.79 Å². The summed E-state index contributed by atoms with van der Waals surface area (Å²) in [5.74, 6) is 1.73. The quantitative estimate of drug-likeness (QED) is 0.804. The van der Waals surface area contributed by atoms with Gasteiger partial charge in [-0.05, 0) is 25.1 Å². The molecule has 1 aromatic carbocycles. The Bertz CT molecular complexity index is 657. The standard InChI is InChI=1S/C14H16N4O2/c1-3-8-18-13-6-5-11(10-12(13)15-16-18)17(4-2)9-7-14(19)20/h1,5-6,10H,4,7-9H2,2H3,(H,19,20). The molecule has 0 fully saturated rings. The molecular weight excluding hydrogens is 256 g/mol. The van der Waals surface area contributed by atoms with E-state index in [4.69, 9.17) is 11.5 Å².